The lowest BCUT2D eigenvalue weighted by atomic mass is 9.95. The van der Waals surface area contributed by atoms with Crippen LogP contribution in [0.15, 0.2) is 36.5 Å². The highest BCUT2D eigenvalue weighted by Crippen LogP contribution is 2.28. The largest absolute Gasteiger partial charge is 0.381 e. The Labute approximate surface area is 128 Å². The predicted molar refractivity (Wildman–Crippen MR) is 90.6 cm³/mol. The molecule has 1 heterocycles. The Morgan fingerprint density at radius 2 is 2.05 bits per heavy atom. The zero-order valence-corrected chi connectivity index (χ0v) is 13.0. The average Bonchev–Trinajstić information content (AvgIpc) is 2.73. The van der Waals surface area contributed by atoms with E-state index in [4.69, 9.17) is 0 Å². The zero-order chi connectivity index (χ0) is 14.5. The Bertz CT molecular complexity index is 579. The second-order valence-corrected chi connectivity index (χ2v) is 6.42. The third kappa shape index (κ3) is 3.75. The first kappa shape index (κ1) is 14.4. The Hall–Kier alpha value is -1.57. The van der Waals surface area contributed by atoms with Crippen molar-refractivity contribution in [3.8, 4) is 0 Å². The van der Waals surface area contributed by atoms with Crippen molar-refractivity contribution in [3.05, 3.63) is 36.5 Å². The van der Waals surface area contributed by atoms with Crippen LogP contribution in [0.3, 0.4) is 0 Å². The maximum atomic E-state index is 4.55. The molecule has 2 atom stereocenters. The fourth-order valence-electron chi connectivity index (χ4n) is 3.61. The summed E-state index contributed by atoms with van der Waals surface area (Å²) in [5.41, 5.74) is 2.25. The Morgan fingerprint density at radius 1 is 1.14 bits per heavy atom. The molecule has 0 aliphatic heterocycles. The first-order valence-electron chi connectivity index (χ1n) is 8.46. The number of anilines is 1. The highest BCUT2D eigenvalue weighted by molar-refractivity contribution is 5.81. The van der Waals surface area contributed by atoms with E-state index in [0.717, 1.165) is 11.4 Å². The van der Waals surface area contributed by atoms with Crippen molar-refractivity contribution in [2.75, 3.05) is 5.32 Å². The van der Waals surface area contributed by atoms with Crippen molar-refractivity contribution in [2.24, 2.45) is 5.92 Å². The fourth-order valence-corrected chi connectivity index (χ4v) is 3.61. The first-order chi connectivity index (χ1) is 10.3. The quantitative estimate of drug-likeness (QED) is 0.760. The number of nitrogens with zero attached hydrogens (tertiary/aromatic N) is 1. The zero-order valence-electron chi connectivity index (χ0n) is 13.0. The molecule has 1 aliphatic rings. The average molecular weight is 282 g/mol. The Morgan fingerprint density at radius 3 is 2.95 bits per heavy atom. The monoisotopic (exact) mass is 282 g/mol. The maximum Gasteiger partial charge on any atom is 0.0703 e. The van der Waals surface area contributed by atoms with Crippen molar-refractivity contribution in [2.45, 2.75) is 57.9 Å². The Kier molecular flexibility index (Phi) is 4.74. The smallest absolute Gasteiger partial charge is 0.0703 e. The van der Waals surface area contributed by atoms with Crippen LogP contribution in [0.5, 0.6) is 0 Å². The fraction of sp³-hybridized carbons (Fsp3) is 0.526. The van der Waals surface area contributed by atoms with Gasteiger partial charge in [0.25, 0.3) is 0 Å². The third-order valence-corrected chi connectivity index (χ3v) is 4.75. The molecule has 2 nitrogen and oxygen atoms in total. The second-order valence-electron chi connectivity index (χ2n) is 6.42. The number of pyridine rings is 1. The Balaban J connectivity index is 1.64. The summed E-state index contributed by atoms with van der Waals surface area (Å²) < 4.78 is 0. The highest BCUT2D eigenvalue weighted by atomic mass is 14.9. The van der Waals surface area contributed by atoms with Gasteiger partial charge in [0.05, 0.1) is 17.4 Å². The van der Waals surface area contributed by atoms with Crippen LogP contribution in [-0.4, -0.2) is 11.0 Å². The van der Waals surface area contributed by atoms with Crippen LogP contribution < -0.4 is 5.32 Å². The second kappa shape index (κ2) is 6.93. The summed E-state index contributed by atoms with van der Waals surface area (Å²) in [6.45, 7) is 2.31. The maximum absolute atomic E-state index is 4.55. The molecule has 1 aromatic carbocycles. The van der Waals surface area contributed by atoms with E-state index in [1.807, 2.05) is 12.3 Å². The number of benzene rings is 1. The molecule has 1 saturated carbocycles. The van der Waals surface area contributed by atoms with E-state index < -0.39 is 0 Å². The highest BCUT2D eigenvalue weighted by Gasteiger charge is 2.18. The van der Waals surface area contributed by atoms with Crippen LogP contribution in [-0.2, 0) is 0 Å². The van der Waals surface area contributed by atoms with Gasteiger partial charge < -0.3 is 5.32 Å². The summed E-state index contributed by atoms with van der Waals surface area (Å²) in [5.74, 6) is 0.955. The molecule has 0 radical (unpaired) electrons. The van der Waals surface area contributed by atoms with Crippen molar-refractivity contribution < 1.29 is 0 Å². The molecule has 2 aromatic rings. The van der Waals surface area contributed by atoms with Gasteiger partial charge in [0.1, 0.15) is 0 Å². The van der Waals surface area contributed by atoms with E-state index in [0.29, 0.717) is 6.04 Å². The van der Waals surface area contributed by atoms with Crippen LogP contribution in [0.25, 0.3) is 10.9 Å². The number of rotatable bonds is 4. The van der Waals surface area contributed by atoms with Crippen molar-refractivity contribution in [3.63, 3.8) is 0 Å². The minimum absolute atomic E-state index is 0.620. The van der Waals surface area contributed by atoms with E-state index in [-0.39, 0.29) is 0 Å². The molecule has 2 unspecified atom stereocenters. The van der Waals surface area contributed by atoms with Gasteiger partial charge in [0.15, 0.2) is 0 Å². The van der Waals surface area contributed by atoms with Crippen LogP contribution >= 0.6 is 0 Å². The minimum atomic E-state index is 0.620. The molecule has 2 heteroatoms. The van der Waals surface area contributed by atoms with Crippen molar-refractivity contribution in [1.82, 2.24) is 4.98 Å². The van der Waals surface area contributed by atoms with E-state index in [1.54, 1.807) is 0 Å². The number of fused-ring (bicyclic) bond motifs is 1. The lowest BCUT2D eigenvalue weighted by Crippen LogP contribution is -2.18. The molecule has 21 heavy (non-hydrogen) atoms. The third-order valence-electron chi connectivity index (χ3n) is 4.75. The van der Waals surface area contributed by atoms with Gasteiger partial charge >= 0.3 is 0 Å². The topological polar surface area (TPSA) is 24.9 Å². The van der Waals surface area contributed by atoms with Gasteiger partial charge in [0, 0.05) is 11.4 Å². The van der Waals surface area contributed by atoms with Crippen LogP contribution in [0.4, 0.5) is 5.69 Å². The predicted octanol–water partition coefficient (Wildman–Crippen LogP) is 5.40. The standard InChI is InChI=1S/C19H26N2/c1-2-6-15-7-5-9-17(12-11-15)21-18-13-16-8-3-4-10-19(16)20-14-18/h3-4,8,10,13-15,17,21H,2,5-7,9,11-12H2,1H3. The normalized spacial score (nSPS) is 22.9. The summed E-state index contributed by atoms with van der Waals surface area (Å²) in [5, 5.41) is 4.94. The summed E-state index contributed by atoms with van der Waals surface area (Å²) in [6.07, 6.45) is 11.5. The van der Waals surface area contributed by atoms with Gasteiger partial charge in [-0.05, 0) is 37.3 Å². The number of nitrogens with one attached hydrogen (secondary N) is 1. The molecule has 1 N–H and O–H groups in total. The lowest BCUT2D eigenvalue weighted by molar-refractivity contribution is 0.422. The molecular formula is C19H26N2. The van der Waals surface area contributed by atoms with Crippen molar-refractivity contribution in [1.29, 1.82) is 0 Å². The number of aromatic nitrogens is 1. The SMILES string of the molecule is CCCC1CCCC(Nc2cnc3ccccc3c2)CC1. The number of hydrogen-bond donors (Lipinski definition) is 1. The van der Waals surface area contributed by atoms with E-state index in [9.17, 15) is 0 Å². The lowest BCUT2D eigenvalue weighted by Gasteiger charge is -2.18. The molecule has 1 fully saturated rings. The van der Waals surface area contributed by atoms with Crippen LogP contribution in [0.2, 0.25) is 0 Å². The molecular weight excluding hydrogens is 256 g/mol. The molecule has 1 aromatic heterocycles. The van der Waals surface area contributed by atoms with E-state index >= 15 is 0 Å². The minimum Gasteiger partial charge on any atom is -0.381 e. The molecule has 1 aliphatic carbocycles. The molecule has 0 amide bonds. The molecule has 0 spiro atoms. The van der Waals surface area contributed by atoms with Gasteiger partial charge in [0.2, 0.25) is 0 Å². The number of para-hydroxylation sites is 1. The van der Waals surface area contributed by atoms with Gasteiger partial charge in [-0.1, -0.05) is 50.8 Å². The summed E-state index contributed by atoms with van der Waals surface area (Å²) in [4.78, 5) is 4.55. The van der Waals surface area contributed by atoms with Crippen molar-refractivity contribution >= 4 is 16.6 Å². The molecule has 0 saturated heterocycles. The van der Waals surface area contributed by atoms with Gasteiger partial charge in [-0.15, -0.1) is 0 Å². The van der Waals surface area contributed by atoms with Gasteiger partial charge in [-0.25, -0.2) is 0 Å². The molecule has 112 valence electrons. The summed E-state index contributed by atoms with van der Waals surface area (Å²) >= 11 is 0. The van der Waals surface area contributed by atoms with Crippen LogP contribution in [0, 0.1) is 5.92 Å². The summed E-state index contributed by atoms with van der Waals surface area (Å²) in [6, 6.07) is 11.2. The van der Waals surface area contributed by atoms with E-state index in [1.165, 1.54) is 56.0 Å². The van der Waals surface area contributed by atoms with Gasteiger partial charge in [-0.3, -0.25) is 4.98 Å². The molecule has 3 rings (SSSR count). The summed E-state index contributed by atoms with van der Waals surface area (Å²) in [7, 11) is 0. The molecule has 0 bridgehead atoms. The van der Waals surface area contributed by atoms with E-state index in [2.05, 4.69) is 41.5 Å². The first-order valence-corrected chi connectivity index (χ1v) is 8.46. The van der Waals surface area contributed by atoms with Gasteiger partial charge in [-0.2, -0.15) is 0 Å². The number of hydrogen-bond acceptors (Lipinski definition) is 2. The van der Waals surface area contributed by atoms with Crippen LogP contribution in [0.1, 0.15) is 51.9 Å².